The summed E-state index contributed by atoms with van der Waals surface area (Å²) in [6.45, 7) is 4.61. The van der Waals surface area contributed by atoms with Gasteiger partial charge in [-0.15, -0.1) is 0 Å². The number of benzene rings is 3. The highest BCUT2D eigenvalue weighted by Crippen LogP contribution is 2.40. The van der Waals surface area contributed by atoms with Crippen LogP contribution in [0.2, 0.25) is 0 Å². The number of anilines is 2. The number of nitrogens with one attached hydrogen (secondary N) is 2. The van der Waals surface area contributed by atoms with E-state index in [4.69, 9.17) is 19.2 Å². The monoisotopic (exact) mass is 611 g/mol. The Kier molecular flexibility index (Phi) is 9.00. The zero-order valence-electron chi connectivity index (χ0n) is 23.6. The number of hydrogen-bond acceptors (Lipinski definition) is 10. The maximum absolute atomic E-state index is 12.7. The van der Waals surface area contributed by atoms with E-state index in [1.807, 2.05) is 12.1 Å². The van der Waals surface area contributed by atoms with Gasteiger partial charge in [0.2, 0.25) is 0 Å². The van der Waals surface area contributed by atoms with Crippen molar-refractivity contribution in [2.45, 2.75) is 4.90 Å². The highest BCUT2D eigenvalue weighted by molar-refractivity contribution is 7.92. The summed E-state index contributed by atoms with van der Waals surface area (Å²) in [5.41, 5.74) is 1.63. The van der Waals surface area contributed by atoms with Gasteiger partial charge in [0.1, 0.15) is 11.3 Å². The number of rotatable bonds is 11. The van der Waals surface area contributed by atoms with Crippen molar-refractivity contribution in [2.75, 3.05) is 70.2 Å². The highest BCUT2D eigenvalue weighted by atomic mass is 32.2. The molecule has 1 aliphatic heterocycles. The molecule has 0 unspecified atom stereocenters. The summed E-state index contributed by atoms with van der Waals surface area (Å²) in [5.74, 6) is 1.67. The molecule has 5 rings (SSSR count). The SMILES string of the molecule is COc1ccc(S(=O)(=O)Nc2ccc(C(=O)NCCN3CCN(c4nc5c(OC)c(OC)ccc5s4)CC3)cc2)cc1. The van der Waals surface area contributed by atoms with E-state index in [0.29, 0.717) is 35.0 Å². The normalized spacial score (nSPS) is 14.0. The Labute approximate surface area is 249 Å². The van der Waals surface area contributed by atoms with E-state index in [9.17, 15) is 13.2 Å². The van der Waals surface area contributed by atoms with Gasteiger partial charge in [-0.3, -0.25) is 14.4 Å². The fraction of sp³-hybridized carbons (Fsp3) is 0.310. The van der Waals surface area contributed by atoms with Crippen LogP contribution in [0.3, 0.4) is 0 Å². The van der Waals surface area contributed by atoms with Gasteiger partial charge in [-0.25, -0.2) is 13.4 Å². The van der Waals surface area contributed by atoms with Gasteiger partial charge in [0.05, 0.1) is 30.9 Å². The molecule has 4 aromatic rings. The smallest absolute Gasteiger partial charge is 0.261 e. The third-order valence-electron chi connectivity index (χ3n) is 7.02. The molecule has 1 aliphatic rings. The lowest BCUT2D eigenvalue weighted by molar-refractivity contribution is 0.0948. The van der Waals surface area contributed by atoms with Crippen LogP contribution in [-0.2, 0) is 10.0 Å². The first-order chi connectivity index (χ1) is 20.3. The molecule has 3 aromatic carbocycles. The molecule has 42 heavy (non-hydrogen) atoms. The molecule has 0 atom stereocenters. The summed E-state index contributed by atoms with van der Waals surface area (Å²) >= 11 is 1.64. The minimum absolute atomic E-state index is 0.118. The fourth-order valence-corrected chi connectivity index (χ4v) is 6.76. The van der Waals surface area contributed by atoms with Crippen molar-refractivity contribution in [1.82, 2.24) is 15.2 Å². The third kappa shape index (κ3) is 6.53. The molecule has 2 heterocycles. The van der Waals surface area contributed by atoms with Crippen LogP contribution in [0.5, 0.6) is 17.2 Å². The lowest BCUT2D eigenvalue weighted by Crippen LogP contribution is -2.48. The number of ether oxygens (including phenoxy) is 3. The van der Waals surface area contributed by atoms with Gasteiger partial charge in [-0.2, -0.15) is 0 Å². The third-order valence-corrected chi connectivity index (χ3v) is 9.50. The van der Waals surface area contributed by atoms with E-state index >= 15 is 0 Å². The van der Waals surface area contributed by atoms with Crippen LogP contribution in [0.1, 0.15) is 10.4 Å². The van der Waals surface area contributed by atoms with E-state index in [0.717, 1.165) is 48.1 Å². The highest BCUT2D eigenvalue weighted by Gasteiger charge is 2.22. The minimum Gasteiger partial charge on any atom is -0.497 e. The van der Waals surface area contributed by atoms with Gasteiger partial charge in [0.15, 0.2) is 16.6 Å². The Morgan fingerprint density at radius 3 is 2.26 bits per heavy atom. The molecule has 1 saturated heterocycles. The molecular weight excluding hydrogens is 578 g/mol. The average Bonchev–Trinajstić information content (AvgIpc) is 3.45. The number of sulfonamides is 1. The molecule has 1 aromatic heterocycles. The Balaban J connectivity index is 1.08. The molecule has 13 heteroatoms. The van der Waals surface area contributed by atoms with Gasteiger partial charge in [0.25, 0.3) is 15.9 Å². The Hall–Kier alpha value is -4.07. The van der Waals surface area contributed by atoms with E-state index in [1.165, 1.54) is 19.2 Å². The second kappa shape index (κ2) is 12.8. The average molecular weight is 612 g/mol. The fourth-order valence-electron chi connectivity index (χ4n) is 4.68. The Bertz CT molecular complexity index is 1630. The summed E-state index contributed by atoms with van der Waals surface area (Å²) in [7, 11) is 0.995. The van der Waals surface area contributed by atoms with Crippen molar-refractivity contribution < 1.29 is 27.4 Å². The number of amides is 1. The number of hydrogen-bond donors (Lipinski definition) is 2. The van der Waals surface area contributed by atoms with E-state index in [1.54, 1.807) is 62.0 Å². The molecule has 2 N–H and O–H groups in total. The number of piperazine rings is 1. The minimum atomic E-state index is -3.76. The van der Waals surface area contributed by atoms with Gasteiger partial charge in [-0.05, 0) is 60.7 Å². The first-order valence-electron chi connectivity index (χ1n) is 13.4. The summed E-state index contributed by atoms with van der Waals surface area (Å²) in [6, 6.07) is 16.4. The van der Waals surface area contributed by atoms with Gasteiger partial charge >= 0.3 is 0 Å². The number of methoxy groups -OCH3 is 3. The van der Waals surface area contributed by atoms with Crippen molar-refractivity contribution in [2.24, 2.45) is 0 Å². The van der Waals surface area contributed by atoms with Crippen LogP contribution in [0.25, 0.3) is 10.2 Å². The van der Waals surface area contributed by atoms with Gasteiger partial charge in [-0.1, -0.05) is 11.3 Å². The number of fused-ring (bicyclic) bond motifs is 1. The number of aromatic nitrogens is 1. The predicted molar refractivity (Wildman–Crippen MR) is 164 cm³/mol. The van der Waals surface area contributed by atoms with Crippen molar-refractivity contribution in [3.8, 4) is 17.2 Å². The first kappa shape index (κ1) is 29.4. The van der Waals surface area contributed by atoms with Crippen molar-refractivity contribution in [1.29, 1.82) is 0 Å². The largest absolute Gasteiger partial charge is 0.497 e. The number of thiazole rings is 1. The van der Waals surface area contributed by atoms with Gasteiger partial charge in [0, 0.05) is 50.5 Å². The molecule has 0 bridgehead atoms. The molecule has 0 spiro atoms. The lowest BCUT2D eigenvalue weighted by atomic mass is 10.2. The molecule has 1 fully saturated rings. The lowest BCUT2D eigenvalue weighted by Gasteiger charge is -2.34. The van der Waals surface area contributed by atoms with Crippen LogP contribution in [0, 0.1) is 0 Å². The maximum Gasteiger partial charge on any atom is 0.261 e. The standard InChI is InChI=1S/C29H33N5O6S2/c1-38-22-8-10-23(11-9-22)42(36,37)32-21-6-4-20(5-7-21)28(35)30-14-15-33-16-18-34(19-17-33)29-31-26-25(41-29)13-12-24(39-2)27(26)40-3/h4-13,32H,14-19H2,1-3H3,(H,30,35). The summed E-state index contributed by atoms with van der Waals surface area (Å²) in [4.78, 5) is 22.2. The van der Waals surface area contributed by atoms with Crippen molar-refractivity contribution in [3.63, 3.8) is 0 Å². The second-order valence-corrected chi connectivity index (χ2v) is 12.3. The molecule has 11 nitrogen and oxygen atoms in total. The van der Waals surface area contributed by atoms with Crippen LogP contribution < -0.4 is 29.1 Å². The van der Waals surface area contributed by atoms with Crippen LogP contribution in [0.4, 0.5) is 10.8 Å². The topological polar surface area (TPSA) is 122 Å². The Morgan fingerprint density at radius 1 is 0.905 bits per heavy atom. The summed E-state index contributed by atoms with van der Waals surface area (Å²) in [6.07, 6.45) is 0. The maximum atomic E-state index is 12.7. The summed E-state index contributed by atoms with van der Waals surface area (Å²) < 4.78 is 44.9. The molecule has 0 aliphatic carbocycles. The summed E-state index contributed by atoms with van der Waals surface area (Å²) in [5, 5.41) is 3.91. The molecule has 0 radical (unpaired) electrons. The van der Waals surface area contributed by atoms with Crippen molar-refractivity contribution >= 4 is 48.3 Å². The Morgan fingerprint density at radius 2 is 1.62 bits per heavy atom. The van der Waals surface area contributed by atoms with Crippen molar-refractivity contribution in [3.05, 3.63) is 66.2 Å². The molecular formula is C29H33N5O6S2. The number of carbonyl (C=O) groups excluding carboxylic acids is 1. The second-order valence-electron chi connectivity index (χ2n) is 9.59. The van der Waals surface area contributed by atoms with Crippen LogP contribution in [-0.4, -0.2) is 84.8 Å². The van der Waals surface area contributed by atoms with Crippen LogP contribution in [0.15, 0.2) is 65.6 Å². The zero-order chi connectivity index (χ0) is 29.7. The number of carbonyl (C=O) groups is 1. The van der Waals surface area contributed by atoms with E-state index in [-0.39, 0.29) is 10.8 Å². The first-order valence-corrected chi connectivity index (χ1v) is 15.6. The van der Waals surface area contributed by atoms with E-state index < -0.39 is 10.0 Å². The molecule has 0 saturated carbocycles. The predicted octanol–water partition coefficient (Wildman–Crippen LogP) is 3.67. The zero-order valence-corrected chi connectivity index (χ0v) is 25.3. The van der Waals surface area contributed by atoms with E-state index in [2.05, 4.69) is 19.8 Å². The molecule has 1 amide bonds. The quantitative estimate of drug-likeness (QED) is 0.262. The van der Waals surface area contributed by atoms with Gasteiger partial charge < -0.3 is 24.4 Å². The molecule has 222 valence electrons. The number of nitrogens with zero attached hydrogens (tertiary/aromatic N) is 3. The van der Waals surface area contributed by atoms with Crippen LogP contribution >= 0.6 is 11.3 Å².